The van der Waals surface area contributed by atoms with Crippen molar-refractivity contribution >= 4 is 21.8 Å². The first kappa shape index (κ1) is 18.1. The van der Waals surface area contributed by atoms with E-state index in [1.165, 1.54) is 4.90 Å². The molecule has 1 aliphatic heterocycles. The molecule has 0 unspecified atom stereocenters. The zero-order chi connectivity index (χ0) is 18.7. The second-order valence-corrected chi connectivity index (χ2v) is 8.59. The molecule has 2 aromatic carbocycles. The van der Waals surface area contributed by atoms with Crippen molar-refractivity contribution in [3.05, 3.63) is 71.8 Å². The summed E-state index contributed by atoms with van der Waals surface area (Å²) < 4.78 is 22.9. The van der Waals surface area contributed by atoms with Crippen LogP contribution >= 0.6 is 0 Å². The Hall–Kier alpha value is -2.67. The molecule has 3 amide bonds. The smallest absolute Gasteiger partial charge is 0.304 e. The highest BCUT2D eigenvalue weighted by molar-refractivity contribution is 7.90. The summed E-state index contributed by atoms with van der Waals surface area (Å²) in [6.45, 7) is 0.144. The van der Waals surface area contributed by atoms with E-state index >= 15 is 0 Å². The summed E-state index contributed by atoms with van der Waals surface area (Å²) in [5.41, 5.74) is 1.61. The normalized spacial score (nSPS) is 17.8. The van der Waals surface area contributed by atoms with Gasteiger partial charge in [0.25, 0.3) is 5.91 Å². The molecule has 1 atom stereocenters. The first-order valence-corrected chi connectivity index (χ1v) is 10.3. The van der Waals surface area contributed by atoms with Crippen LogP contribution in [-0.4, -0.2) is 48.7 Å². The molecule has 2 aromatic rings. The van der Waals surface area contributed by atoms with Gasteiger partial charge in [0.1, 0.15) is 15.9 Å². The topological polar surface area (TPSA) is 74.8 Å². The lowest BCUT2D eigenvalue weighted by atomic mass is 10.1. The highest BCUT2D eigenvalue weighted by atomic mass is 32.2. The number of imide groups is 1. The average molecular weight is 372 g/mol. The summed E-state index contributed by atoms with van der Waals surface area (Å²) in [5, 5.41) is 0. The summed E-state index contributed by atoms with van der Waals surface area (Å²) in [5.74, 6) is -0.633. The molecule has 0 bridgehead atoms. The second kappa shape index (κ2) is 7.29. The SMILES string of the molecule is CS(=O)(=O)CCN1C(=O)[C@H](c2ccccc2)N(Cc2ccccc2)C1=O. The number of carbonyl (C=O) groups excluding carboxylic acids is 2. The molecule has 0 N–H and O–H groups in total. The van der Waals surface area contributed by atoms with Crippen molar-refractivity contribution in [1.82, 2.24) is 9.80 Å². The molecule has 7 heteroatoms. The van der Waals surface area contributed by atoms with E-state index in [0.717, 1.165) is 16.7 Å². The van der Waals surface area contributed by atoms with Gasteiger partial charge in [0.2, 0.25) is 0 Å². The predicted molar refractivity (Wildman–Crippen MR) is 98.0 cm³/mol. The van der Waals surface area contributed by atoms with Gasteiger partial charge in [-0.25, -0.2) is 13.2 Å². The molecule has 1 heterocycles. The van der Waals surface area contributed by atoms with Gasteiger partial charge in [0.15, 0.2) is 0 Å². The van der Waals surface area contributed by atoms with E-state index in [2.05, 4.69) is 0 Å². The number of urea groups is 1. The minimum atomic E-state index is -3.28. The quantitative estimate of drug-likeness (QED) is 0.729. The van der Waals surface area contributed by atoms with E-state index in [-0.39, 0.29) is 24.7 Å². The standard InChI is InChI=1S/C19H20N2O4S/c1-26(24,25)13-12-20-18(22)17(16-10-6-3-7-11-16)21(19(20)23)14-15-8-4-2-5-9-15/h2-11,17H,12-14H2,1H3/t17-/m0/s1. The molecular weight excluding hydrogens is 352 g/mol. The van der Waals surface area contributed by atoms with Crippen molar-refractivity contribution in [2.45, 2.75) is 12.6 Å². The molecule has 0 aromatic heterocycles. The Balaban J connectivity index is 1.92. The Morgan fingerprint density at radius 3 is 2.08 bits per heavy atom. The number of sulfone groups is 1. The van der Waals surface area contributed by atoms with Crippen molar-refractivity contribution < 1.29 is 18.0 Å². The second-order valence-electron chi connectivity index (χ2n) is 6.33. The van der Waals surface area contributed by atoms with E-state index in [0.29, 0.717) is 5.56 Å². The average Bonchev–Trinajstić information content (AvgIpc) is 2.84. The monoisotopic (exact) mass is 372 g/mol. The van der Waals surface area contributed by atoms with Crippen LogP contribution in [0.2, 0.25) is 0 Å². The van der Waals surface area contributed by atoms with Gasteiger partial charge in [-0.3, -0.25) is 9.69 Å². The Morgan fingerprint density at radius 2 is 1.50 bits per heavy atom. The van der Waals surface area contributed by atoms with Gasteiger partial charge < -0.3 is 4.90 Å². The van der Waals surface area contributed by atoms with Gasteiger partial charge in [-0.15, -0.1) is 0 Å². The molecule has 1 saturated heterocycles. The van der Waals surface area contributed by atoms with E-state index in [4.69, 9.17) is 0 Å². The highest BCUT2D eigenvalue weighted by Crippen LogP contribution is 2.32. The van der Waals surface area contributed by atoms with Crippen molar-refractivity contribution in [1.29, 1.82) is 0 Å². The molecule has 26 heavy (non-hydrogen) atoms. The summed E-state index contributed by atoms with van der Waals surface area (Å²) >= 11 is 0. The van der Waals surface area contributed by atoms with Crippen LogP contribution in [0.1, 0.15) is 17.2 Å². The fourth-order valence-corrected chi connectivity index (χ4v) is 3.51. The van der Waals surface area contributed by atoms with Gasteiger partial charge in [-0.1, -0.05) is 60.7 Å². The minimum absolute atomic E-state index is 0.134. The van der Waals surface area contributed by atoms with Gasteiger partial charge in [-0.2, -0.15) is 0 Å². The molecule has 0 spiro atoms. The van der Waals surface area contributed by atoms with Crippen molar-refractivity contribution in [2.75, 3.05) is 18.6 Å². The highest BCUT2D eigenvalue weighted by Gasteiger charge is 2.45. The number of benzene rings is 2. The third-order valence-electron chi connectivity index (χ3n) is 4.28. The van der Waals surface area contributed by atoms with Crippen LogP contribution in [0.3, 0.4) is 0 Å². The maximum absolute atomic E-state index is 12.9. The van der Waals surface area contributed by atoms with Crippen molar-refractivity contribution in [2.24, 2.45) is 0 Å². The maximum atomic E-state index is 12.9. The maximum Gasteiger partial charge on any atom is 0.328 e. The van der Waals surface area contributed by atoms with E-state index in [1.807, 2.05) is 48.5 Å². The number of hydrogen-bond acceptors (Lipinski definition) is 4. The number of hydrogen-bond donors (Lipinski definition) is 0. The fraction of sp³-hybridized carbons (Fsp3) is 0.263. The summed E-state index contributed by atoms with van der Waals surface area (Å²) in [4.78, 5) is 28.3. The van der Waals surface area contributed by atoms with Crippen LogP contribution in [0.15, 0.2) is 60.7 Å². The van der Waals surface area contributed by atoms with Crippen molar-refractivity contribution in [3.8, 4) is 0 Å². The number of nitrogens with zero attached hydrogens (tertiary/aromatic N) is 2. The van der Waals surface area contributed by atoms with Crippen LogP contribution in [0.5, 0.6) is 0 Å². The van der Waals surface area contributed by atoms with Gasteiger partial charge >= 0.3 is 6.03 Å². The predicted octanol–water partition coefficient (Wildman–Crippen LogP) is 2.24. The summed E-state index contributed by atoms with van der Waals surface area (Å²) in [6.07, 6.45) is 1.09. The van der Waals surface area contributed by atoms with Crippen LogP contribution < -0.4 is 0 Å². The van der Waals surface area contributed by atoms with Gasteiger partial charge in [0, 0.05) is 19.3 Å². The molecule has 136 valence electrons. The molecule has 1 aliphatic rings. The summed E-state index contributed by atoms with van der Waals surface area (Å²) in [6, 6.07) is 17.3. The Bertz CT molecular complexity index is 898. The lowest BCUT2D eigenvalue weighted by Gasteiger charge is -2.22. The Morgan fingerprint density at radius 1 is 0.923 bits per heavy atom. The number of carbonyl (C=O) groups is 2. The van der Waals surface area contributed by atoms with E-state index in [1.54, 1.807) is 12.1 Å². The Labute approximate surface area is 153 Å². The van der Waals surface area contributed by atoms with Crippen molar-refractivity contribution in [3.63, 3.8) is 0 Å². The number of amides is 3. The van der Waals surface area contributed by atoms with Crippen LogP contribution in [-0.2, 0) is 21.2 Å². The molecule has 6 nitrogen and oxygen atoms in total. The summed E-state index contributed by atoms with van der Waals surface area (Å²) in [7, 11) is -3.28. The first-order valence-electron chi connectivity index (χ1n) is 8.25. The molecule has 3 rings (SSSR count). The van der Waals surface area contributed by atoms with E-state index < -0.39 is 21.9 Å². The molecular formula is C19H20N2O4S. The third kappa shape index (κ3) is 3.94. The lowest BCUT2D eigenvalue weighted by Crippen LogP contribution is -2.36. The first-order chi connectivity index (χ1) is 12.4. The molecule has 0 radical (unpaired) electrons. The largest absolute Gasteiger partial charge is 0.328 e. The Kier molecular flexibility index (Phi) is 5.08. The minimum Gasteiger partial charge on any atom is -0.304 e. The van der Waals surface area contributed by atoms with Crippen LogP contribution in [0.25, 0.3) is 0 Å². The van der Waals surface area contributed by atoms with E-state index in [9.17, 15) is 18.0 Å². The van der Waals surface area contributed by atoms with Crippen LogP contribution in [0.4, 0.5) is 4.79 Å². The van der Waals surface area contributed by atoms with Crippen LogP contribution in [0, 0.1) is 0 Å². The van der Waals surface area contributed by atoms with Gasteiger partial charge in [-0.05, 0) is 11.1 Å². The zero-order valence-electron chi connectivity index (χ0n) is 14.4. The van der Waals surface area contributed by atoms with Gasteiger partial charge in [0.05, 0.1) is 5.75 Å². The number of rotatable bonds is 6. The third-order valence-corrected chi connectivity index (χ3v) is 5.21. The zero-order valence-corrected chi connectivity index (χ0v) is 15.2. The molecule has 0 aliphatic carbocycles. The molecule has 0 saturated carbocycles. The lowest BCUT2D eigenvalue weighted by molar-refractivity contribution is -0.128. The fourth-order valence-electron chi connectivity index (χ4n) is 3.00. The molecule has 1 fully saturated rings.